The first-order chi connectivity index (χ1) is 35.3. The number of piperidine rings is 1. The Labute approximate surface area is 424 Å². The zero-order valence-corrected chi connectivity index (χ0v) is 41.8. The SMILES string of the molecule is O=C(O)CNC(=O)c1ccc(S(=O)(=O)N2CCC(c3ccc(OCCNC(=O)CCCCCCCCCCC(=O)N4CCN(C(=O)c5cc(Cc6n[nH]c(=O)c7ccccc67)ccc5F)CC4)cc3)CC2)cc1. The maximum atomic E-state index is 15.0. The van der Waals surface area contributed by atoms with Crippen LogP contribution in [0.3, 0.4) is 0 Å². The van der Waals surface area contributed by atoms with Crippen LogP contribution in [0.4, 0.5) is 4.39 Å². The second-order valence-electron chi connectivity index (χ2n) is 18.6. The molecule has 3 heterocycles. The van der Waals surface area contributed by atoms with Gasteiger partial charge in [0.15, 0.2) is 0 Å². The number of H-pyrrole nitrogens is 1. The van der Waals surface area contributed by atoms with E-state index in [1.807, 2.05) is 36.4 Å². The molecule has 1 aromatic heterocycles. The number of carbonyl (C=O) groups excluding carboxylic acids is 4. The Hall–Kier alpha value is -6.99. The number of carbonyl (C=O) groups is 5. The number of rotatable bonds is 24. The van der Waals surface area contributed by atoms with Crippen molar-refractivity contribution in [3.8, 4) is 5.75 Å². The molecule has 5 aromatic rings. The second kappa shape index (κ2) is 26.1. The van der Waals surface area contributed by atoms with E-state index in [0.717, 1.165) is 56.9 Å². The molecule has 0 radical (unpaired) electrons. The molecule has 7 rings (SSSR count). The van der Waals surface area contributed by atoms with Crippen LogP contribution in [0.15, 0.2) is 101 Å². The number of benzene rings is 4. The number of nitrogens with one attached hydrogen (secondary N) is 3. The molecule has 0 atom stereocenters. The maximum absolute atomic E-state index is 15.0. The zero-order valence-electron chi connectivity index (χ0n) is 41.0. The number of aliphatic carboxylic acids is 1. The zero-order chi connectivity index (χ0) is 51.7. The molecule has 2 saturated heterocycles. The van der Waals surface area contributed by atoms with Crippen molar-refractivity contribution in [2.45, 2.75) is 94.3 Å². The van der Waals surface area contributed by atoms with Gasteiger partial charge in [0.25, 0.3) is 17.4 Å². The third-order valence-electron chi connectivity index (χ3n) is 13.5. The van der Waals surface area contributed by atoms with E-state index in [4.69, 9.17) is 9.84 Å². The number of halogens is 1. The van der Waals surface area contributed by atoms with Gasteiger partial charge >= 0.3 is 5.97 Å². The number of piperazine rings is 1. The normalized spacial score (nSPS) is 14.5. The van der Waals surface area contributed by atoms with E-state index in [1.165, 1.54) is 34.6 Å². The minimum atomic E-state index is -3.76. The van der Waals surface area contributed by atoms with Crippen molar-refractivity contribution >= 4 is 50.4 Å². The van der Waals surface area contributed by atoms with Crippen molar-refractivity contribution in [2.24, 2.45) is 0 Å². The molecule has 2 fully saturated rings. The largest absolute Gasteiger partial charge is 0.492 e. The average molecular weight is 1020 g/mol. The van der Waals surface area contributed by atoms with Crippen LogP contribution in [0.5, 0.6) is 5.75 Å². The van der Waals surface area contributed by atoms with Crippen LogP contribution in [-0.2, 0) is 30.8 Å². The summed E-state index contributed by atoms with van der Waals surface area (Å²) in [4.78, 5) is 77.3. The quantitative estimate of drug-likeness (QED) is 0.0494. The topological polar surface area (TPSA) is 228 Å². The number of ether oxygens (including phenoxy) is 1. The summed E-state index contributed by atoms with van der Waals surface area (Å²) >= 11 is 0. The van der Waals surface area contributed by atoms with E-state index >= 15 is 0 Å². The maximum Gasteiger partial charge on any atom is 0.322 e. The molecular weight excluding hydrogens is 958 g/mol. The van der Waals surface area contributed by atoms with Crippen molar-refractivity contribution in [3.05, 3.63) is 135 Å². The first kappa shape index (κ1) is 53.8. The summed E-state index contributed by atoms with van der Waals surface area (Å²) < 4.78 is 48.8. The number of amides is 4. The fourth-order valence-electron chi connectivity index (χ4n) is 9.35. The first-order valence-electron chi connectivity index (χ1n) is 25.2. The summed E-state index contributed by atoms with van der Waals surface area (Å²) in [6, 6.07) is 24.8. The molecule has 0 unspecified atom stereocenters. The second-order valence-corrected chi connectivity index (χ2v) is 20.5. The molecule has 2 aliphatic heterocycles. The lowest BCUT2D eigenvalue weighted by atomic mass is 9.90. The molecule has 2 aliphatic rings. The number of carboxylic acid groups (broad SMARTS) is 1. The van der Waals surface area contributed by atoms with Crippen molar-refractivity contribution in [1.82, 2.24) is 34.9 Å². The minimum absolute atomic E-state index is 0.00586. The molecule has 0 aliphatic carbocycles. The van der Waals surface area contributed by atoms with E-state index in [1.54, 1.807) is 34.1 Å². The van der Waals surface area contributed by atoms with E-state index in [-0.39, 0.29) is 39.3 Å². The van der Waals surface area contributed by atoms with E-state index in [2.05, 4.69) is 20.8 Å². The number of fused-ring (bicyclic) bond motifs is 1. The lowest BCUT2D eigenvalue weighted by Gasteiger charge is -2.35. The number of aromatic nitrogens is 2. The lowest BCUT2D eigenvalue weighted by Crippen LogP contribution is -2.50. The lowest BCUT2D eigenvalue weighted by molar-refractivity contribution is -0.136. The first-order valence-corrected chi connectivity index (χ1v) is 26.6. The predicted molar refractivity (Wildman–Crippen MR) is 272 cm³/mol. The molecule has 388 valence electrons. The average Bonchev–Trinajstić information content (AvgIpc) is 3.41. The third kappa shape index (κ3) is 15.0. The smallest absolute Gasteiger partial charge is 0.322 e. The van der Waals surface area contributed by atoms with Crippen LogP contribution in [0.1, 0.15) is 121 Å². The standard InChI is InChI=1S/C54H64FN7O10S/c55-47-24-15-38(36-48-44-11-9-10-12-45(44)53(68)59-58-48)35-46(47)54(69)61-32-30-60(31-33-61)50(64)14-8-6-4-2-1-3-5-7-13-49(63)56-27-34-72-42-20-16-39(17-21-42)40-25-28-62(29-26-40)73(70,71)43-22-18-41(19-23-43)52(67)57-37-51(65)66/h9-12,15-24,35,40H,1-8,13-14,25-34,36-37H2,(H,56,63)(H,57,67)(H,59,68)(H,65,66). The van der Waals surface area contributed by atoms with Crippen molar-refractivity contribution in [2.75, 3.05) is 59.0 Å². The Morgan fingerprint density at radius 3 is 2.04 bits per heavy atom. The molecule has 17 nitrogen and oxygen atoms in total. The Bertz CT molecular complexity index is 2880. The number of hydrogen-bond donors (Lipinski definition) is 4. The molecular formula is C54H64FN7O10S. The van der Waals surface area contributed by atoms with Crippen molar-refractivity contribution in [3.63, 3.8) is 0 Å². The number of aromatic amines is 1. The van der Waals surface area contributed by atoms with Crippen LogP contribution in [0, 0.1) is 5.82 Å². The van der Waals surface area contributed by atoms with Gasteiger partial charge in [-0.05, 0) is 97.3 Å². The van der Waals surface area contributed by atoms with Crippen molar-refractivity contribution in [1.29, 1.82) is 0 Å². The number of carboxylic acids is 1. The van der Waals surface area contributed by atoms with E-state index in [9.17, 15) is 41.6 Å². The molecule has 0 bridgehead atoms. The molecule has 4 N–H and O–H groups in total. The highest BCUT2D eigenvalue weighted by molar-refractivity contribution is 7.89. The number of unbranched alkanes of at least 4 members (excludes halogenated alkanes) is 7. The summed E-state index contributed by atoms with van der Waals surface area (Å²) in [5.74, 6) is -1.87. The molecule has 4 amide bonds. The Kier molecular flexibility index (Phi) is 19.2. The van der Waals surface area contributed by atoms with Gasteiger partial charge in [-0.15, -0.1) is 0 Å². The molecule has 19 heteroatoms. The van der Waals surface area contributed by atoms with Gasteiger partial charge in [0.1, 0.15) is 24.7 Å². The summed E-state index contributed by atoms with van der Waals surface area (Å²) in [6.45, 7) is 2.33. The summed E-state index contributed by atoms with van der Waals surface area (Å²) in [5.41, 5.74) is 2.26. The van der Waals surface area contributed by atoms with Gasteiger partial charge in [0.2, 0.25) is 21.8 Å². The molecule has 4 aromatic carbocycles. The van der Waals surface area contributed by atoms with Crippen LogP contribution >= 0.6 is 0 Å². The highest BCUT2D eigenvalue weighted by Gasteiger charge is 2.31. The third-order valence-corrected chi connectivity index (χ3v) is 15.4. The number of sulfonamides is 1. The van der Waals surface area contributed by atoms with Crippen molar-refractivity contribution < 1.29 is 46.6 Å². The Morgan fingerprint density at radius 2 is 1.37 bits per heavy atom. The van der Waals surface area contributed by atoms with Crippen LogP contribution < -0.4 is 20.9 Å². The highest BCUT2D eigenvalue weighted by atomic mass is 32.2. The number of hydrogen-bond acceptors (Lipinski definition) is 10. The van der Waals surface area contributed by atoms with Gasteiger partial charge in [-0.2, -0.15) is 9.40 Å². The van der Waals surface area contributed by atoms with Crippen LogP contribution in [0.25, 0.3) is 10.8 Å². The Morgan fingerprint density at radius 1 is 0.740 bits per heavy atom. The van der Waals surface area contributed by atoms with Crippen LogP contribution in [0.2, 0.25) is 0 Å². The van der Waals surface area contributed by atoms with Gasteiger partial charge in [0, 0.05) is 69.5 Å². The summed E-state index contributed by atoms with van der Waals surface area (Å²) in [6.07, 6.45) is 10.3. The summed E-state index contributed by atoms with van der Waals surface area (Å²) in [5, 5.41) is 21.9. The molecule has 0 saturated carbocycles. The highest BCUT2D eigenvalue weighted by Crippen LogP contribution is 2.32. The van der Waals surface area contributed by atoms with Gasteiger partial charge in [-0.25, -0.2) is 17.9 Å². The minimum Gasteiger partial charge on any atom is -0.492 e. The molecule has 0 spiro atoms. The molecule has 73 heavy (non-hydrogen) atoms. The summed E-state index contributed by atoms with van der Waals surface area (Å²) in [7, 11) is -3.76. The van der Waals surface area contributed by atoms with Gasteiger partial charge < -0.3 is 30.3 Å². The van der Waals surface area contributed by atoms with Gasteiger partial charge in [0.05, 0.1) is 28.1 Å². The monoisotopic (exact) mass is 1020 g/mol. The predicted octanol–water partition coefficient (Wildman–Crippen LogP) is 6.42. The fraction of sp³-hybridized carbons (Fsp3) is 0.426. The van der Waals surface area contributed by atoms with Gasteiger partial charge in [-0.3, -0.25) is 28.8 Å². The van der Waals surface area contributed by atoms with E-state index in [0.29, 0.717) is 112 Å². The van der Waals surface area contributed by atoms with E-state index < -0.39 is 40.2 Å². The van der Waals surface area contributed by atoms with Gasteiger partial charge in [-0.1, -0.05) is 74.9 Å². The van der Waals surface area contributed by atoms with Crippen LogP contribution in [-0.4, -0.2) is 126 Å². The Balaban J connectivity index is 0.684. The number of nitrogens with zero attached hydrogens (tertiary/aromatic N) is 4. The fourth-order valence-corrected chi connectivity index (χ4v) is 10.8.